The molecular weight excluding hydrogens is 370 g/mol. The Morgan fingerprint density at radius 1 is 1.10 bits per heavy atom. The number of rotatable bonds is 7. The molecule has 0 radical (unpaired) electrons. The fourth-order valence-electron chi connectivity index (χ4n) is 2.63. The van der Waals surface area contributed by atoms with Gasteiger partial charge in [-0.25, -0.2) is 14.8 Å². The lowest BCUT2D eigenvalue weighted by Gasteiger charge is -2.19. The predicted molar refractivity (Wildman–Crippen MR) is 113 cm³/mol. The van der Waals surface area contributed by atoms with Gasteiger partial charge in [-0.1, -0.05) is 0 Å². The molecule has 3 amide bonds. The third-order valence-electron chi connectivity index (χ3n) is 4.51. The summed E-state index contributed by atoms with van der Waals surface area (Å²) < 4.78 is 0. The number of carbonyl (C=O) groups is 2. The van der Waals surface area contributed by atoms with E-state index >= 15 is 0 Å². The van der Waals surface area contributed by atoms with Gasteiger partial charge in [0.2, 0.25) is 0 Å². The Morgan fingerprint density at radius 3 is 2.41 bits per heavy atom. The standard InChI is InChI=1S/C20H27N7O2/c1-26(2)10-11-27(3)19(28)16-12-17(21)25-18(24-16)13-4-6-14(7-5-13)22-20(29)23-15-8-9-15/h4-7,12,15H,8-11H2,1-3H3,(H2,21,24,25)(H2,22,23,29). The number of hydrogen-bond donors (Lipinski definition) is 3. The van der Waals surface area contributed by atoms with Gasteiger partial charge in [0.15, 0.2) is 5.82 Å². The van der Waals surface area contributed by atoms with E-state index in [4.69, 9.17) is 5.73 Å². The Labute approximate surface area is 170 Å². The van der Waals surface area contributed by atoms with Gasteiger partial charge >= 0.3 is 6.03 Å². The van der Waals surface area contributed by atoms with Crippen molar-refractivity contribution in [2.24, 2.45) is 0 Å². The molecule has 1 heterocycles. The number of nitrogens with two attached hydrogens (primary N) is 1. The Bertz CT molecular complexity index is 879. The minimum Gasteiger partial charge on any atom is -0.384 e. The molecule has 29 heavy (non-hydrogen) atoms. The first-order valence-corrected chi connectivity index (χ1v) is 9.54. The Hall–Kier alpha value is -3.20. The van der Waals surface area contributed by atoms with Gasteiger partial charge in [-0.15, -0.1) is 0 Å². The van der Waals surface area contributed by atoms with Crippen molar-refractivity contribution in [3.05, 3.63) is 36.0 Å². The molecule has 9 nitrogen and oxygen atoms in total. The van der Waals surface area contributed by atoms with Crippen molar-refractivity contribution in [3.8, 4) is 11.4 Å². The van der Waals surface area contributed by atoms with Gasteiger partial charge in [-0.05, 0) is 51.2 Å². The van der Waals surface area contributed by atoms with Crippen LogP contribution < -0.4 is 16.4 Å². The second-order valence-electron chi connectivity index (χ2n) is 7.48. The summed E-state index contributed by atoms with van der Waals surface area (Å²) in [6.07, 6.45) is 2.06. The molecule has 1 aliphatic carbocycles. The zero-order valence-corrected chi connectivity index (χ0v) is 17.0. The number of anilines is 2. The van der Waals surface area contributed by atoms with Crippen molar-refractivity contribution in [2.45, 2.75) is 18.9 Å². The summed E-state index contributed by atoms with van der Waals surface area (Å²) in [6, 6.07) is 8.65. The number of urea groups is 1. The van der Waals surface area contributed by atoms with E-state index in [1.807, 2.05) is 19.0 Å². The average Bonchev–Trinajstić information content (AvgIpc) is 3.49. The highest BCUT2D eigenvalue weighted by Gasteiger charge is 2.23. The van der Waals surface area contributed by atoms with Gasteiger partial charge in [0, 0.05) is 43.5 Å². The van der Waals surface area contributed by atoms with E-state index in [9.17, 15) is 9.59 Å². The van der Waals surface area contributed by atoms with Gasteiger partial charge in [0.05, 0.1) is 0 Å². The van der Waals surface area contributed by atoms with Crippen LogP contribution in [0.5, 0.6) is 0 Å². The molecule has 0 atom stereocenters. The lowest BCUT2D eigenvalue weighted by Crippen LogP contribution is -2.34. The third-order valence-corrected chi connectivity index (χ3v) is 4.51. The second-order valence-corrected chi connectivity index (χ2v) is 7.48. The van der Waals surface area contributed by atoms with Crippen LogP contribution in [0.1, 0.15) is 23.3 Å². The largest absolute Gasteiger partial charge is 0.384 e. The maximum absolute atomic E-state index is 12.7. The maximum atomic E-state index is 12.7. The van der Waals surface area contributed by atoms with E-state index in [1.54, 1.807) is 36.2 Å². The summed E-state index contributed by atoms with van der Waals surface area (Å²) in [7, 11) is 5.64. The molecule has 3 rings (SSSR count). The first-order valence-electron chi connectivity index (χ1n) is 9.54. The third kappa shape index (κ3) is 5.89. The first kappa shape index (κ1) is 20.5. The Kier molecular flexibility index (Phi) is 6.28. The van der Waals surface area contributed by atoms with Gasteiger partial charge in [0.1, 0.15) is 11.5 Å². The lowest BCUT2D eigenvalue weighted by atomic mass is 10.2. The van der Waals surface area contributed by atoms with E-state index in [-0.39, 0.29) is 23.5 Å². The highest BCUT2D eigenvalue weighted by molar-refractivity contribution is 5.93. The van der Waals surface area contributed by atoms with Crippen LogP contribution >= 0.6 is 0 Å². The van der Waals surface area contributed by atoms with Crippen LogP contribution in [0.15, 0.2) is 30.3 Å². The normalized spacial score (nSPS) is 13.2. The Morgan fingerprint density at radius 2 is 1.79 bits per heavy atom. The molecule has 1 aromatic heterocycles. The number of aromatic nitrogens is 2. The smallest absolute Gasteiger partial charge is 0.319 e. The molecule has 9 heteroatoms. The van der Waals surface area contributed by atoms with Gasteiger partial charge in [0.25, 0.3) is 5.91 Å². The van der Waals surface area contributed by atoms with Crippen molar-refractivity contribution >= 4 is 23.4 Å². The number of nitrogens with one attached hydrogen (secondary N) is 2. The van der Waals surface area contributed by atoms with E-state index in [2.05, 4.69) is 20.6 Å². The fourth-order valence-corrected chi connectivity index (χ4v) is 2.63. The monoisotopic (exact) mass is 397 g/mol. The molecule has 1 aromatic carbocycles. The predicted octanol–water partition coefficient (Wildman–Crippen LogP) is 1.64. The number of benzene rings is 1. The number of likely N-dealkylation sites (N-methyl/N-ethyl adjacent to an activating group) is 2. The second kappa shape index (κ2) is 8.87. The first-order chi connectivity index (χ1) is 13.8. The number of carbonyl (C=O) groups excluding carboxylic acids is 2. The van der Waals surface area contributed by atoms with Crippen LogP contribution in [0.2, 0.25) is 0 Å². The quantitative estimate of drug-likeness (QED) is 0.654. The van der Waals surface area contributed by atoms with E-state index in [0.717, 1.165) is 19.4 Å². The van der Waals surface area contributed by atoms with Gasteiger partial charge < -0.3 is 26.2 Å². The van der Waals surface area contributed by atoms with Crippen molar-refractivity contribution in [2.75, 3.05) is 45.3 Å². The van der Waals surface area contributed by atoms with Crippen LogP contribution in [0, 0.1) is 0 Å². The maximum Gasteiger partial charge on any atom is 0.319 e. The van der Waals surface area contributed by atoms with Crippen LogP contribution in [0.4, 0.5) is 16.3 Å². The summed E-state index contributed by atoms with van der Waals surface area (Å²) in [4.78, 5) is 36.8. The van der Waals surface area contributed by atoms with Gasteiger partial charge in [-0.2, -0.15) is 0 Å². The molecule has 2 aromatic rings. The minimum absolute atomic E-state index is 0.211. The van der Waals surface area contributed by atoms with Crippen LogP contribution in [0.25, 0.3) is 11.4 Å². The average molecular weight is 397 g/mol. The molecule has 154 valence electrons. The topological polar surface area (TPSA) is 116 Å². The van der Waals surface area contributed by atoms with E-state index in [0.29, 0.717) is 29.7 Å². The summed E-state index contributed by atoms with van der Waals surface area (Å²) in [5.74, 6) is 0.381. The molecule has 0 saturated heterocycles. The minimum atomic E-state index is -0.214. The Balaban J connectivity index is 1.71. The van der Waals surface area contributed by atoms with Crippen molar-refractivity contribution in [1.29, 1.82) is 0 Å². The molecule has 0 aliphatic heterocycles. The number of nitrogen functional groups attached to an aromatic ring is 1. The fraction of sp³-hybridized carbons (Fsp3) is 0.400. The summed E-state index contributed by atoms with van der Waals surface area (Å²) in [6.45, 7) is 1.33. The SMILES string of the molecule is CN(C)CCN(C)C(=O)c1cc(N)nc(-c2ccc(NC(=O)NC3CC3)cc2)n1. The zero-order valence-electron chi connectivity index (χ0n) is 17.0. The highest BCUT2D eigenvalue weighted by Crippen LogP contribution is 2.21. The molecular formula is C20H27N7O2. The molecule has 0 unspecified atom stereocenters. The number of hydrogen-bond acceptors (Lipinski definition) is 6. The van der Waals surface area contributed by atoms with Gasteiger partial charge in [-0.3, -0.25) is 4.79 Å². The molecule has 1 aliphatic rings. The highest BCUT2D eigenvalue weighted by atomic mass is 16.2. The summed E-state index contributed by atoms with van der Waals surface area (Å²) in [5.41, 5.74) is 7.53. The lowest BCUT2D eigenvalue weighted by molar-refractivity contribution is 0.0780. The van der Waals surface area contributed by atoms with Crippen molar-refractivity contribution < 1.29 is 9.59 Å². The van der Waals surface area contributed by atoms with Crippen molar-refractivity contribution in [1.82, 2.24) is 25.1 Å². The van der Waals surface area contributed by atoms with E-state index in [1.165, 1.54) is 6.07 Å². The van der Waals surface area contributed by atoms with E-state index < -0.39 is 0 Å². The molecule has 4 N–H and O–H groups in total. The molecule has 0 spiro atoms. The van der Waals surface area contributed by atoms with Crippen molar-refractivity contribution in [3.63, 3.8) is 0 Å². The molecule has 1 saturated carbocycles. The summed E-state index contributed by atoms with van der Waals surface area (Å²) >= 11 is 0. The van der Waals surface area contributed by atoms with Crippen LogP contribution in [-0.2, 0) is 0 Å². The number of nitrogens with zero attached hydrogens (tertiary/aromatic N) is 4. The number of amides is 3. The van der Waals surface area contributed by atoms with Crippen LogP contribution in [-0.4, -0.2) is 72.0 Å². The molecule has 1 fully saturated rings. The zero-order chi connectivity index (χ0) is 21.0. The summed E-state index contributed by atoms with van der Waals surface area (Å²) in [5, 5.41) is 5.66. The molecule has 0 bridgehead atoms. The van der Waals surface area contributed by atoms with Crippen LogP contribution in [0.3, 0.4) is 0 Å².